The molecule has 0 saturated carbocycles. The molecule has 8 aromatic heterocycles. The van der Waals surface area contributed by atoms with Crippen molar-refractivity contribution in [2.45, 2.75) is 39.9 Å². The van der Waals surface area contributed by atoms with Crippen LogP contribution >= 0.6 is 0 Å². The van der Waals surface area contributed by atoms with E-state index in [1.54, 1.807) is 0 Å². The monoisotopic (exact) mass is 1550 g/mol. The van der Waals surface area contributed by atoms with Crippen molar-refractivity contribution in [2.75, 3.05) is 0 Å². The van der Waals surface area contributed by atoms with Gasteiger partial charge in [-0.3, -0.25) is 9.97 Å². The fourth-order valence-corrected chi connectivity index (χ4v) is 28.2. The summed E-state index contributed by atoms with van der Waals surface area (Å²) < 4.78 is 20.1. The Morgan fingerprint density at radius 1 is 0.293 bits per heavy atom. The lowest BCUT2D eigenvalue weighted by atomic mass is 9.43. The van der Waals surface area contributed by atoms with Crippen LogP contribution in [0.4, 0.5) is 0 Å². The van der Waals surface area contributed by atoms with E-state index in [2.05, 4.69) is 337 Å². The van der Waals surface area contributed by atoms with Gasteiger partial charge in [-0.25, -0.2) is 0 Å². The van der Waals surface area contributed by atoms with Gasteiger partial charge in [0.05, 0.1) is 91.0 Å². The van der Waals surface area contributed by atoms with Crippen LogP contribution < -0.4 is 0 Å². The number of hydrogen-bond donors (Lipinski definition) is 0. The maximum Gasteiger partial charge on any atom is 0.143 e. The maximum absolute atomic E-state index is 11.8. The summed E-state index contributed by atoms with van der Waals surface area (Å²) in [4.78, 5) is 11.9. The predicted octanol–water partition coefficient (Wildman–Crippen LogP) is 26.6. The molecule has 123 heavy (non-hydrogen) atoms. The van der Waals surface area contributed by atoms with Gasteiger partial charge in [-0.1, -0.05) is 267 Å². The molecule has 8 heteroatoms. The molecule has 0 amide bonds. The number of pyridine rings is 2. The Kier molecular flexibility index (Phi) is 10.3. The molecule has 0 radical (unpaired) electrons. The molecule has 2 bridgehead atoms. The summed E-state index contributed by atoms with van der Waals surface area (Å²) in [6.45, 7) is 0. The number of rotatable bonds is 1. The molecule has 10 aliphatic carbocycles. The molecule has 10 aliphatic rings. The largest absolute Gasteiger partial charge is 0.456 e. The number of hydrogen-bond acceptors (Lipinski definition) is 6. The Morgan fingerprint density at radius 3 is 1.33 bits per heavy atom. The van der Waals surface area contributed by atoms with Crippen molar-refractivity contribution in [2.24, 2.45) is 0 Å². The zero-order valence-corrected chi connectivity index (χ0v) is 65.3. The quantitative estimate of drug-likeness (QED) is 0.162. The predicted molar refractivity (Wildman–Crippen MR) is 485 cm³/mol. The second-order valence-corrected chi connectivity index (χ2v) is 36.1. The highest BCUT2D eigenvalue weighted by Gasteiger charge is 2.71. The van der Waals surface area contributed by atoms with E-state index in [1.165, 1.54) is 128 Å². The van der Waals surface area contributed by atoms with Gasteiger partial charge in [-0.2, -0.15) is 10.5 Å². The second kappa shape index (κ2) is 20.3. The van der Waals surface area contributed by atoms with Crippen molar-refractivity contribution in [1.82, 2.24) is 18.8 Å². The highest BCUT2D eigenvalue weighted by Crippen LogP contribution is 2.79. The molecule has 558 valence electrons. The Balaban J connectivity index is 0.636. The molecular weight excluding hydrogens is 1500 g/mol. The van der Waals surface area contributed by atoms with Crippen LogP contribution in [-0.2, 0) is 16.2 Å². The van der Waals surface area contributed by atoms with E-state index in [4.69, 9.17) is 18.8 Å². The number of aromatic nitrogens is 4. The Hall–Kier alpha value is -16.0. The summed E-state index contributed by atoms with van der Waals surface area (Å²) in [6, 6.07) is 119. The molecule has 24 aromatic rings. The van der Waals surface area contributed by atoms with Crippen LogP contribution in [0.15, 0.2) is 325 Å². The topological polar surface area (TPSA) is 108 Å². The van der Waals surface area contributed by atoms with E-state index in [0.717, 1.165) is 165 Å². The molecule has 0 N–H and O–H groups in total. The van der Waals surface area contributed by atoms with Gasteiger partial charge in [0.25, 0.3) is 0 Å². The normalized spacial score (nSPS) is 19.3. The van der Waals surface area contributed by atoms with Gasteiger partial charge in [0, 0.05) is 110 Å². The Bertz CT molecular complexity index is 9420. The van der Waals surface area contributed by atoms with E-state index >= 15 is 0 Å². The fraction of sp³-hybridized carbons (Fsp3) is 0.0609. The average molecular weight is 1550 g/mol. The first-order chi connectivity index (χ1) is 61.0. The number of benzene rings is 16. The van der Waals surface area contributed by atoms with Crippen molar-refractivity contribution in [3.63, 3.8) is 0 Å². The molecule has 4 unspecified atom stereocenters. The SMILES string of the molecule is N#Cc1cc2c(c3c1C1c4ccccc4C3c3ccccc31)c1cc3oc4c(-c5ccc6c(c5)-c5ccccc5C65c6ccccc6-c6c5ncc5c6c6cc7oc8ccccc8c7c7c8c9c(c(C#N)cc8n5c67)C5c6ccccc6C56c5ccccc5C96)cccc4c3c3c4c5c(ncc4n2c13)C1(c2ccccc2-c2ccccc21)c1ccccc1-5. The van der Waals surface area contributed by atoms with Crippen LogP contribution in [0, 0.1) is 22.7 Å². The van der Waals surface area contributed by atoms with Gasteiger partial charge in [-0.15, -0.1) is 0 Å². The summed E-state index contributed by atoms with van der Waals surface area (Å²) in [5.41, 5.74) is 45.3. The Morgan fingerprint density at radius 2 is 0.724 bits per heavy atom. The van der Waals surface area contributed by atoms with Gasteiger partial charge < -0.3 is 17.6 Å². The van der Waals surface area contributed by atoms with Crippen molar-refractivity contribution in [1.29, 1.82) is 10.5 Å². The molecule has 0 fully saturated rings. The molecule has 0 saturated heterocycles. The van der Waals surface area contributed by atoms with E-state index in [9.17, 15) is 10.5 Å². The molecule has 16 aromatic carbocycles. The lowest BCUT2D eigenvalue weighted by molar-refractivity contribution is 0.333. The minimum Gasteiger partial charge on any atom is -0.456 e. The van der Waals surface area contributed by atoms with Crippen molar-refractivity contribution in [3.05, 3.63) is 438 Å². The number of para-hydroxylation sites is 2. The number of fused-ring (bicyclic) bond motifs is 50. The summed E-state index contributed by atoms with van der Waals surface area (Å²) in [5.74, 6) is -0.117. The third-order valence-electron chi connectivity index (χ3n) is 31.9. The smallest absolute Gasteiger partial charge is 0.143 e. The van der Waals surface area contributed by atoms with Crippen LogP contribution in [0.25, 0.3) is 176 Å². The molecule has 3 spiro atoms. The van der Waals surface area contributed by atoms with E-state index in [-0.39, 0.29) is 29.1 Å². The summed E-state index contributed by atoms with van der Waals surface area (Å²) >= 11 is 0. The fourth-order valence-electron chi connectivity index (χ4n) is 28.2. The van der Waals surface area contributed by atoms with E-state index in [1.807, 2.05) is 0 Å². The maximum atomic E-state index is 11.8. The van der Waals surface area contributed by atoms with Gasteiger partial charge in [0.1, 0.15) is 22.3 Å². The van der Waals surface area contributed by atoms with Crippen LogP contribution in [0.2, 0.25) is 0 Å². The van der Waals surface area contributed by atoms with Crippen LogP contribution in [0.1, 0.15) is 146 Å². The van der Waals surface area contributed by atoms with Crippen molar-refractivity contribution in [3.8, 4) is 67.8 Å². The summed E-state index contributed by atoms with van der Waals surface area (Å²) in [7, 11) is 0. The lowest BCUT2D eigenvalue weighted by Crippen LogP contribution is -2.52. The minimum atomic E-state index is -0.820. The molecule has 34 rings (SSSR count). The van der Waals surface area contributed by atoms with Crippen LogP contribution in [0.5, 0.6) is 0 Å². The third-order valence-corrected chi connectivity index (χ3v) is 31.9. The van der Waals surface area contributed by atoms with E-state index in [0.29, 0.717) is 5.56 Å². The van der Waals surface area contributed by atoms with Crippen LogP contribution in [0.3, 0.4) is 0 Å². The minimum absolute atomic E-state index is 0.0556. The number of nitrogens with zero attached hydrogens (tertiary/aromatic N) is 6. The standard InChI is InChI=1S/C115H56N6O2/c116-51-56-47-83-94(102-90(56)92-62-25-1-3-27-64(62)93(102)65-28-4-2-26-63(65)92)73-50-89-97(105-101-86(120(83)108(73)105)54-119-112-99(101)67-30-9-17-40-79(67)113(112)75-36-13-5-22-59(75)60-23-6-14-37-76(60)113)71-35-21-34-58(110(71)123-89)55-44-45-82-72(46-55)61-24-7-15-38-77(61)114(82)78-39-16-8-29-66(78)98-95-74-49-88-96(70-33-12-20-43-87(70)122-88)104-100-84(121(109(74)104)85(95)53-118-111(98)114)48-57(52-117)91-103(100)107-69-32-11-19-42-81(69)115(107)80-41-18-10-31-68(80)106(91)115/h1-50,53-54,92-93,106-107H. The third kappa shape index (κ3) is 6.29. The number of furan rings is 2. The first kappa shape index (κ1) is 62.2. The molecular formula is C115H56N6O2. The first-order valence-corrected chi connectivity index (χ1v) is 42.9. The van der Waals surface area contributed by atoms with Gasteiger partial charge in [0.2, 0.25) is 0 Å². The summed E-state index contributed by atoms with van der Waals surface area (Å²) in [6.07, 6.45) is 4.34. The summed E-state index contributed by atoms with van der Waals surface area (Å²) in [5, 5.41) is 36.9. The first-order valence-electron chi connectivity index (χ1n) is 42.9. The molecule has 8 nitrogen and oxygen atoms in total. The van der Waals surface area contributed by atoms with Crippen molar-refractivity contribution >= 4 is 120 Å². The molecule has 8 heterocycles. The lowest BCUT2D eigenvalue weighted by Gasteiger charge is -2.58. The molecule has 0 aliphatic heterocycles. The van der Waals surface area contributed by atoms with Gasteiger partial charge in [0.15, 0.2) is 0 Å². The highest BCUT2D eigenvalue weighted by molar-refractivity contribution is 6.40. The zero-order chi connectivity index (χ0) is 79.2. The van der Waals surface area contributed by atoms with Gasteiger partial charge in [-0.05, 0) is 175 Å². The van der Waals surface area contributed by atoms with Gasteiger partial charge >= 0.3 is 0 Å². The second-order valence-electron chi connectivity index (χ2n) is 36.1. The average Bonchev–Trinajstić information content (AvgIpc) is 1.44. The van der Waals surface area contributed by atoms with Crippen LogP contribution in [-0.4, -0.2) is 18.8 Å². The van der Waals surface area contributed by atoms with Crippen molar-refractivity contribution < 1.29 is 8.83 Å². The molecule has 4 atom stereocenters. The zero-order valence-electron chi connectivity index (χ0n) is 65.3. The highest BCUT2D eigenvalue weighted by atomic mass is 16.3. The Labute approximate surface area is 699 Å². The van der Waals surface area contributed by atoms with E-state index < -0.39 is 10.8 Å². The number of nitriles is 2.